The van der Waals surface area contributed by atoms with Crippen molar-refractivity contribution in [3.05, 3.63) is 29.6 Å². The van der Waals surface area contributed by atoms with Gasteiger partial charge in [0.1, 0.15) is 23.5 Å². The van der Waals surface area contributed by atoms with Crippen molar-refractivity contribution in [3.8, 4) is 5.75 Å². The Labute approximate surface area is 94.4 Å². The van der Waals surface area contributed by atoms with Crippen LogP contribution in [0.4, 0.5) is 4.39 Å². The summed E-state index contributed by atoms with van der Waals surface area (Å²) in [6.45, 7) is 1.87. The highest BCUT2D eigenvalue weighted by atomic mass is 19.1. The van der Waals surface area contributed by atoms with E-state index in [1.807, 2.05) is 6.92 Å². The zero-order chi connectivity index (χ0) is 11.5. The molecule has 1 aromatic rings. The number of carbonyl (C=O) groups is 1. The molecule has 0 bridgehead atoms. The Hall–Kier alpha value is -1.38. The molecule has 0 spiro atoms. The van der Waals surface area contributed by atoms with Crippen LogP contribution in [-0.4, -0.2) is 11.9 Å². The molecule has 0 aliphatic heterocycles. The molecule has 0 aromatic heterocycles. The van der Waals surface area contributed by atoms with Gasteiger partial charge in [-0.2, -0.15) is 0 Å². The van der Waals surface area contributed by atoms with E-state index in [9.17, 15) is 9.18 Å². The van der Waals surface area contributed by atoms with Crippen molar-refractivity contribution in [1.82, 2.24) is 0 Å². The molecule has 0 amide bonds. The van der Waals surface area contributed by atoms with E-state index in [-0.39, 0.29) is 17.7 Å². The van der Waals surface area contributed by atoms with Crippen molar-refractivity contribution in [2.24, 2.45) is 0 Å². The lowest BCUT2D eigenvalue weighted by atomic mass is 9.96. The van der Waals surface area contributed by atoms with Gasteiger partial charge in [0.2, 0.25) is 0 Å². The Morgan fingerprint density at radius 3 is 3.00 bits per heavy atom. The second-order valence-corrected chi connectivity index (χ2v) is 4.28. The minimum absolute atomic E-state index is 0.0817. The SMILES string of the molecule is Cc1ccc(F)cc1OC1CCCC(=O)C1. The maximum absolute atomic E-state index is 13.0. The van der Waals surface area contributed by atoms with Crippen molar-refractivity contribution in [2.45, 2.75) is 38.7 Å². The first-order valence-corrected chi connectivity index (χ1v) is 5.59. The molecule has 2 nitrogen and oxygen atoms in total. The molecule has 2 rings (SSSR count). The first-order valence-electron chi connectivity index (χ1n) is 5.59. The van der Waals surface area contributed by atoms with Crippen molar-refractivity contribution in [2.75, 3.05) is 0 Å². The average molecular weight is 222 g/mol. The fourth-order valence-corrected chi connectivity index (χ4v) is 1.97. The van der Waals surface area contributed by atoms with Crippen LogP contribution in [0.25, 0.3) is 0 Å². The predicted molar refractivity (Wildman–Crippen MR) is 59.0 cm³/mol. The summed E-state index contributed by atoms with van der Waals surface area (Å²) < 4.78 is 18.7. The van der Waals surface area contributed by atoms with Crippen LogP contribution in [-0.2, 0) is 4.79 Å². The van der Waals surface area contributed by atoms with E-state index in [1.54, 1.807) is 6.07 Å². The lowest BCUT2D eigenvalue weighted by Gasteiger charge is -2.23. The van der Waals surface area contributed by atoms with E-state index in [0.29, 0.717) is 18.6 Å². The highest BCUT2D eigenvalue weighted by Crippen LogP contribution is 2.25. The van der Waals surface area contributed by atoms with Gasteiger partial charge in [0.25, 0.3) is 0 Å². The number of carbonyl (C=O) groups excluding carboxylic acids is 1. The summed E-state index contributed by atoms with van der Waals surface area (Å²) in [7, 11) is 0. The molecule has 0 N–H and O–H groups in total. The molecule has 0 saturated heterocycles. The van der Waals surface area contributed by atoms with E-state index in [0.717, 1.165) is 18.4 Å². The van der Waals surface area contributed by atoms with Crippen molar-refractivity contribution < 1.29 is 13.9 Å². The van der Waals surface area contributed by atoms with Gasteiger partial charge in [-0.15, -0.1) is 0 Å². The molecule has 1 aliphatic rings. The smallest absolute Gasteiger partial charge is 0.136 e. The summed E-state index contributed by atoms with van der Waals surface area (Å²) in [5.74, 6) is 0.493. The first-order chi connectivity index (χ1) is 7.65. The standard InChI is InChI=1S/C13H15FO2/c1-9-5-6-10(14)7-13(9)16-12-4-2-3-11(15)8-12/h5-7,12H,2-4,8H2,1H3. The zero-order valence-electron chi connectivity index (χ0n) is 9.33. The molecule has 1 atom stereocenters. The van der Waals surface area contributed by atoms with Gasteiger partial charge in [0, 0.05) is 18.9 Å². The van der Waals surface area contributed by atoms with Crippen LogP contribution >= 0.6 is 0 Å². The number of hydrogen-bond donors (Lipinski definition) is 0. The van der Waals surface area contributed by atoms with E-state index in [2.05, 4.69) is 0 Å². The number of benzene rings is 1. The summed E-state index contributed by atoms with van der Waals surface area (Å²) >= 11 is 0. The lowest BCUT2D eigenvalue weighted by molar-refractivity contribution is -0.122. The number of hydrogen-bond acceptors (Lipinski definition) is 2. The lowest BCUT2D eigenvalue weighted by Crippen LogP contribution is -2.25. The number of ether oxygens (including phenoxy) is 1. The molecule has 1 aliphatic carbocycles. The molecular weight excluding hydrogens is 207 g/mol. The van der Waals surface area contributed by atoms with Crippen LogP contribution in [0.1, 0.15) is 31.2 Å². The van der Waals surface area contributed by atoms with Crippen LogP contribution in [0.15, 0.2) is 18.2 Å². The second kappa shape index (κ2) is 4.64. The summed E-state index contributed by atoms with van der Waals surface area (Å²) in [6, 6.07) is 4.48. The summed E-state index contributed by atoms with van der Waals surface area (Å²) in [4.78, 5) is 11.3. The van der Waals surface area contributed by atoms with Crippen molar-refractivity contribution in [3.63, 3.8) is 0 Å². The Balaban J connectivity index is 2.08. The van der Waals surface area contributed by atoms with Crippen LogP contribution < -0.4 is 4.74 Å². The van der Waals surface area contributed by atoms with Gasteiger partial charge in [0.05, 0.1) is 0 Å². The minimum atomic E-state index is -0.303. The molecule has 1 fully saturated rings. The summed E-state index contributed by atoms with van der Waals surface area (Å²) in [5.41, 5.74) is 0.902. The van der Waals surface area contributed by atoms with Gasteiger partial charge in [0.15, 0.2) is 0 Å². The monoisotopic (exact) mass is 222 g/mol. The first kappa shape index (κ1) is 11.1. The highest BCUT2D eigenvalue weighted by molar-refractivity contribution is 5.79. The molecule has 0 heterocycles. The Morgan fingerprint density at radius 2 is 2.25 bits per heavy atom. The fourth-order valence-electron chi connectivity index (χ4n) is 1.97. The number of Topliss-reactive ketones (excluding diaryl/α,β-unsaturated/α-hetero) is 1. The number of halogens is 1. The Bertz CT molecular complexity index is 401. The molecule has 0 radical (unpaired) electrons. The molecule has 1 saturated carbocycles. The van der Waals surface area contributed by atoms with Gasteiger partial charge in [-0.1, -0.05) is 6.07 Å². The zero-order valence-corrected chi connectivity index (χ0v) is 9.33. The molecule has 16 heavy (non-hydrogen) atoms. The fraction of sp³-hybridized carbons (Fsp3) is 0.462. The van der Waals surface area contributed by atoms with Gasteiger partial charge in [-0.25, -0.2) is 4.39 Å². The summed E-state index contributed by atoms with van der Waals surface area (Å²) in [6.07, 6.45) is 2.78. The van der Waals surface area contributed by atoms with Gasteiger partial charge < -0.3 is 4.74 Å². The minimum Gasteiger partial charge on any atom is -0.490 e. The number of ketones is 1. The normalized spacial score (nSPS) is 20.9. The van der Waals surface area contributed by atoms with Crippen molar-refractivity contribution >= 4 is 5.78 Å². The number of rotatable bonds is 2. The van der Waals surface area contributed by atoms with E-state index in [4.69, 9.17) is 4.74 Å². The van der Waals surface area contributed by atoms with Gasteiger partial charge in [-0.3, -0.25) is 4.79 Å². The average Bonchev–Trinajstić information content (AvgIpc) is 2.24. The summed E-state index contributed by atoms with van der Waals surface area (Å²) in [5, 5.41) is 0. The largest absolute Gasteiger partial charge is 0.490 e. The molecule has 1 aromatic carbocycles. The number of aryl methyl sites for hydroxylation is 1. The quantitative estimate of drug-likeness (QED) is 0.768. The third-order valence-corrected chi connectivity index (χ3v) is 2.88. The Kier molecular flexibility index (Phi) is 3.22. The van der Waals surface area contributed by atoms with Crippen LogP contribution in [0.2, 0.25) is 0 Å². The van der Waals surface area contributed by atoms with Crippen LogP contribution in [0.5, 0.6) is 5.75 Å². The van der Waals surface area contributed by atoms with Gasteiger partial charge in [-0.05, 0) is 31.4 Å². The molecule has 3 heteroatoms. The van der Waals surface area contributed by atoms with E-state index >= 15 is 0 Å². The molecular formula is C13H15FO2. The van der Waals surface area contributed by atoms with Crippen LogP contribution in [0, 0.1) is 12.7 Å². The maximum Gasteiger partial charge on any atom is 0.136 e. The third kappa shape index (κ3) is 2.60. The van der Waals surface area contributed by atoms with Crippen LogP contribution in [0.3, 0.4) is 0 Å². The topological polar surface area (TPSA) is 26.3 Å². The highest BCUT2D eigenvalue weighted by Gasteiger charge is 2.21. The Morgan fingerprint density at radius 1 is 1.44 bits per heavy atom. The second-order valence-electron chi connectivity index (χ2n) is 4.28. The predicted octanol–water partition coefficient (Wildman–Crippen LogP) is 3.02. The van der Waals surface area contributed by atoms with E-state index in [1.165, 1.54) is 12.1 Å². The third-order valence-electron chi connectivity index (χ3n) is 2.88. The maximum atomic E-state index is 13.0. The van der Waals surface area contributed by atoms with Gasteiger partial charge >= 0.3 is 0 Å². The van der Waals surface area contributed by atoms with Crippen molar-refractivity contribution in [1.29, 1.82) is 0 Å². The van der Waals surface area contributed by atoms with E-state index < -0.39 is 0 Å². The molecule has 86 valence electrons. The molecule has 1 unspecified atom stereocenters.